The fraction of sp³-hybridized carbons (Fsp3) is 0.133. The molecule has 2 nitrogen and oxygen atoms in total. The predicted octanol–water partition coefficient (Wildman–Crippen LogP) is 2.33. The van der Waals surface area contributed by atoms with Crippen LogP contribution in [-0.4, -0.2) is 12.5 Å². The Morgan fingerprint density at radius 2 is 1.94 bits per heavy atom. The molecule has 0 aliphatic carbocycles. The smallest absolute Gasteiger partial charge is 0.217 e. The SMILES string of the molecule is CC(=O)NCC#Cc1cccc2ccccc12. The highest BCUT2D eigenvalue weighted by molar-refractivity contribution is 5.88. The molecule has 0 heterocycles. The molecule has 2 heteroatoms. The van der Waals surface area contributed by atoms with E-state index in [2.05, 4.69) is 35.4 Å². The molecular formula is C15H13NO. The van der Waals surface area contributed by atoms with Crippen LogP contribution in [0.25, 0.3) is 10.8 Å². The van der Waals surface area contributed by atoms with E-state index in [1.54, 1.807) is 0 Å². The molecule has 2 aromatic carbocycles. The van der Waals surface area contributed by atoms with E-state index in [1.165, 1.54) is 12.3 Å². The van der Waals surface area contributed by atoms with E-state index in [0.29, 0.717) is 6.54 Å². The van der Waals surface area contributed by atoms with E-state index >= 15 is 0 Å². The summed E-state index contributed by atoms with van der Waals surface area (Å²) in [7, 11) is 0. The number of hydrogen-bond donors (Lipinski definition) is 1. The summed E-state index contributed by atoms with van der Waals surface area (Å²) in [6.07, 6.45) is 0. The third-order valence-corrected chi connectivity index (χ3v) is 2.44. The highest BCUT2D eigenvalue weighted by atomic mass is 16.1. The standard InChI is InChI=1S/C15H13NO/c1-12(17)16-11-5-9-14-8-4-7-13-6-2-3-10-15(13)14/h2-4,6-8,10H,11H2,1H3,(H,16,17). The Morgan fingerprint density at radius 1 is 1.18 bits per heavy atom. The van der Waals surface area contributed by atoms with Gasteiger partial charge in [-0.05, 0) is 16.8 Å². The first-order valence-electron chi connectivity index (χ1n) is 5.48. The number of nitrogens with one attached hydrogen (secondary N) is 1. The quantitative estimate of drug-likeness (QED) is 0.739. The van der Waals surface area contributed by atoms with E-state index < -0.39 is 0 Å². The van der Waals surface area contributed by atoms with Crippen LogP contribution < -0.4 is 5.32 Å². The summed E-state index contributed by atoms with van der Waals surface area (Å²) in [6.45, 7) is 1.87. The van der Waals surface area contributed by atoms with Gasteiger partial charge in [-0.1, -0.05) is 48.2 Å². The second kappa shape index (κ2) is 5.18. The summed E-state index contributed by atoms with van der Waals surface area (Å²) < 4.78 is 0. The van der Waals surface area contributed by atoms with Crippen LogP contribution in [0.4, 0.5) is 0 Å². The van der Waals surface area contributed by atoms with Gasteiger partial charge in [-0.2, -0.15) is 0 Å². The Labute approximate surface area is 101 Å². The number of carbonyl (C=O) groups is 1. The van der Waals surface area contributed by atoms with E-state index in [-0.39, 0.29) is 5.91 Å². The van der Waals surface area contributed by atoms with Crippen LogP contribution >= 0.6 is 0 Å². The van der Waals surface area contributed by atoms with Crippen molar-refractivity contribution in [2.24, 2.45) is 0 Å². The number of amides is 1. The van der Waals surface area contributed by atoms with Crippen LogP contribution in [0, 0.1) is 11.8 Å². The fourth-order valence-corrected chi connectivity index (χ4v) is 1.64. The zero-order valence-electron chi connectivity index (χ0n) is 9.66. The number of carbonyl (C=O) groups excluding carboxylic acids is 1. The third-order valence-electron chi connectivity index (χ3n) is 2.44. The maximum atomic E-state index is 10.7. The summed E-state index contributed by atoms with van der Waals surface area (Å²) in [5.41, 5.74) is 0.994. The van der Waals surface area contributed by atoms with E-state index in [9.17, 15) is 4.79 Å². The summed E-state index contributed by atoms with van der Waals surface area (Å²) in [5.74, 6) is 5.96. The summed E-state index contributed by atoms with van der Waals surface area (Å²) >= 11 is 0. The molecule has 0 fully saturated rings. The fourth-order valence-electron chi connectivity index (χ4n) is 1.64. The second-order valence-electron chi connectivity index (χ2n) is 3.74. The lowest BCUT2D eigenvalue weighted by Crippen LogP contribution is -2.19. The zero-order valence-corrected chi connectivity index (χ0v) is 9.66. The van der Waals surface area contributed by atoms with Crippen molar-refractivity contribution in [2.75, 3.05) is 6.54 Å². The van der Waals surface area contributed by atoms with Crippen molar-refractivity contribution in [3.8, 4) is 11.8 Å². The topological polar surface area (TPSA) is 29.1 Å². The third kappa shape index (κ3) is 2.85. The monoisotopic (exact) mass is 223 g/mol. The lowest BCUT2D eigenvalue weighted by atomic mass is 10.1. The molecule has 0 bridgehead atoms. The molecule has 1 amide bonds. The minimum absolute atomic E-state index is 0.0581. The van der Waals surface area contributed by atoms with Gasteiger partial charge in [0.05, 0.1) is 6.54 Å². The van der Waals surface area contributed by atoms with Crippen molar-refractivity contribution in [2.45, 2.75) is 6.92 Å². The number of fused-ring (bicyclic) bond motifs is 1. The highest BCUT2D eigenvalue weighted by Gasteiger charge is 1.95. The van der Waals surface area contributed by atoms with Crippen LogP contribution in [0.1, 0.15) is 12.5 Å². The molecule has 0 saturated carbocycles. The second-order valence-corrected chi connectivity index (χ2v) is 3.74. The van der Waals surface area contributed by atoms with Gasteiger partial charge in [0.1, 0.15) is 0 Å². The van der Waals surface area contributed by atoms with Gasteiger partial charge < -0.3 is 5.32 Å². The molecule has 1 N–H and O–H groups in total. The molecule has 0 spiro atoms. The van der Waals surface area contributed by atoms with Crippen molar-refractivity contribution in [1.29, 1.82) is 0 Å². The molecule has 0 aliphatic heterocycles. The summed E-state index contributed by atoms with van der Waals surface area (Å²) in [5, 5.41) is 4.97. The molecule has 0 unspecified atom stereocenters. The normalized spacial score (nSPS) is 9.47. The molecule has 0 atom stereocenters. The average Bonchev–Trinajstić information content (AvgIpc) is 2.34. The van der Waals surface area contributed by atoms with Gasteiger partial charge in [-0.15, -0.1) is 0 Å². The number of rotatable bonds is 1. The number of hydrogen-bond acceptors (Lipinski definition) is 1. The molecule has 0 aliphatic rings. The zero-order chi connectivity index (χ0) is 12.1. The van der Waals surface area contributed by atoms with Crippen molar-refractivity contribution < 1.29 is 4.79 Å². The number of benzene rings is 2. The van der Waals surface area contributed by atoms with E-state index in [1.807, 2.05) is 24.3 Å². The largest absolute Gasteiger partial charge is 0.345 e. The maximum absolute atomic E-state index is 10.7. The van der Waals surface area contributed by atoms with Crippen LogP contribution in [0.15, 0.2) is 42.5 Å². The summed E-state index contributed by atoms with van der Waals surface area (Å²) in [6, 6.07) is 14.2. The Balaban J connectivity index is 2.26. The van der Waals surface area contributed by atoms with Crippen LogP contribution in [0.3, 0.4) is 0 Å². The van der Waals surface area contributed by atoms with E-state index in [4.69, 9.17) is 0 Å². The van der Waals surface area contributed by atoms with E-state index in [0.717, 1.165) is 10.9 Å². The van der Waals surface area contributed by atoms with Gasteiger partial charge in [0.2, 0.25) is 5.91 Å². The van der Waals surface area contributed by atoms with Crippen LogP contribution in [0.2, 0.25) is 0 Å². The predicted molar refractivity (Wildman–Crippen MR) is 69.5 cm³/mol. The maximum Gasteiger partial charge on any atom is 0.217 e. The Morgan fingerprint density at radius 3 is 2.76 bits per heavy atom. The van der Waals surface area contributed by atoms with Gasteiger partial charge in [0.15, 0.2) is 0 Å². The Kier molecular flexibility index (Phi) is 3.42. The lowest BCUT2D eigenvalue weighted by molar-refractivity contribution is -0.118. The van der Waals surface area contributed by atoms with Gasteiger partial charge in [0.25, 0.3) is 0 Å². The first kappa shape index (κ1) is 11.2. The highest BCUT2D eigenvalue weighted by Crippen LogP contribution is 2.17. The molecule has 0 radical (unpaired) electrons. The first-order chi connectivity index (χ1) is 8.27. The molecule has 84 valence electrons. The average molecular weight is 223 g/mol. The Bertz CT molecular complexity index is 600. The minimum Gasteiger partial charge on any atom is -0.345 e. The molecule has 0 aromatic heterocycles. The van der Waals surface area contributed by atoms with Gasteiger partial charge in [-0.25, -0.2) is 0 Å². The first-order valence-corrected chi connectivity index (χ1v) is 5.48. The van der Waals surface area contributed by atoms with Crippen molar-refractivity contribution >= 4 is 16.7 Å². The van der Waals surface area contributed by atoms with Crippen molar-refractivity contribution in [1.82, 2.24) is 5.32 Å². The molecule has 2 rings (SSSR count). The minimum atomic E-state index is -0.0581. The van der Waals surface area contributed by atoms with Crippen molar-refractivity contribution in [3.63, 3.8) is 0 Å². The Hall–Kier alpha value is -2.27. The van der Waals surface area contributed by atoms with Gasteiger partial charge in [-0.3, -0.25) is 4.79 Å². The molecular weight excluding hydrogens is 210 g/mol. The van der Waals surface area contributed by atoms with Crippen LogP contribution in [-0.2, 0) is 4.79 Å². The summed E-state index contributed by atoms with van der Waals surface area (Å²) in [4.78, 5) is 10.7. The van der Waals surface area contributed by atoms with Crippen molar-refractivity contribution in [3.05, 3.63) is 48.0 Å². The van der Waals surface area contributed by atoms with Gasteiger partial charge in [0, 0.05) is 12.5 Å². The van der Waals surface area contributed by atoms with Gasteiger partial charge >= 0.3 is 0 Å². The molecule has 0 saturated heterocycles. The molecule has 17 heavy (non-hydrogen) atoms. The lowest BCUT2D eigenvalue weighted by Gasteiger charge is -1.99. The van der Waals surface area contributed by atoms with Crippen LogP contribution in [0.5, 0.6) is 0 Å². The molecule has 2 aromatic rings.